The van der Waals surface area contributed by atoms with Crippen LogP contribution in [0.15, 0.2) is 64.2 Å². The monoisotopic (exact) mass is 418 g/mol. The van der Waals surface area contributed by atoms with E-state index in [0.717, 1.165) is 10.1 Å². The molecule has 0 aliphatic rings. The molecule has 3 heterocycles. The maximum Gasteiger partial charge on any atom is 0.332 e. The largest absolute Gasteiger partial charge is 0.332 e. The Kier molecular flexibility index (Phi) is 4.32. The van der Waals surface area contributed by atoms with Crippen LogP contribution in [0.2, 0.25) is 0 Å². The standard InChI is InChI=1S/C22H19FN6O2/c1-26-19-17(20(30)27(2)22(26)31)28(13-12-14-6-4-3-5-7-14)21-25-24-18(29(19)21)15-8-10-16(23)11-9-15/h3-11H,12-13H2,1-2H3. The lowest BCUT2D eigenvalue weighted by atomic mass is 10.1. The highest BCUT2D eigenvalue weighted by Crippen LogP contribution is 2.24. The topological polar surface area (TPSA) is 79.1 Å². The van der Waals surface area contributed by atoms with E-state index in [-0.39, 0.29) is 5.82 Å². The zero-order valence-corrected chi connectivity index (χ0v) is 17.0. The van der Waals surface area contributed by atoms with Gasteiger partial charge in [-0.25, -0.2) is 13.6 Å². The van der Waals surface area contributed by atoms with Crippen LogP contribution in [0.3, 0.4) is 0 Å². The Labute approximate surface area is 175 Å². The highest BCUT2D eigenvalue weighted by molar-refractivity contribution is 5.79. The van der Waals surface area contributed by atoms with E-state index in [2.05, 4.69) is 10.2 Å². The number of nitrogens with zero attached hydrogens (tertiary/aromatic N) is 6. The van der Waals surface area contributed by atoms with Gasteiger partial charge in [-0.2, -0.15) is 0 Å². The zero-order valence-electron chi connectivity index (χ0n) is 17.0. The molecule has 31 heavy (non-hydrogen) atoms. The van der Waals surface area contributed by atoms with Crippen LogP contribution in [0.4, 0.5) is 4.39 Å². The van der Waals surface area contributed by atoms with Gasteiger partial charge in [-0.05, 0) is 36.2 Å². The fraction of sp³-hybridized carbons (Fsp3) is 0.182. The molecule has 0 fully saturated rings. The van der Waals surface area contributed by atoms with Crippen LogP contribution in [0.5, 0.6) is 0 Å². The molecule has 0 aliphatic heterocycles. The molecule has 0 aliphatic carbocycles. The average molecular weight is 418 g/mol. The van der Waals surface area contributed by atoms with Gasteiger partial charge in [0.05, 0.1) is 0 Å². The van der Waals surface area contributed by atoms with Gasteiger partial charge in [0.15, 0.2) is 17.0 Å². The van der Waals surface area contributed by atoms with Crippen LogP contribution in [0.1, 0.15) is 5.56 Å². The normalized spacial score (nSPS) is 11.6. The Morgan fingerprint density at radius 2 is 1.61 bits per heavy atom. The maximum absolute atomic E-state index is 13.4. The molecule has 5 rings (SSSR count). The summed E-state index contributed by atoms with van der Waals surface area (Å²) in [5, 5.41) is 8.62. The van der Waals surface area contributed by atoms with Gasteiger partial charge in [-0.3, -0.25) is 13.9 Å². The van der Waals surface area contributed by atoms with Gasteiger partial charge in [0.1, 0.15) is 5.82 Å². The first-order chi connectivity index (χ1) is 15.0. The lowest BCUT2D eigenvalue weighted by Gasteiger charge is -2.07. The zero-order chi connectivity index (χ0) is 21.7. The van der Waals surface area contributed by atoms with Crippen molar-refractivity contribution in [2.75, 3.05) is 0 Å². The third-order valence-corrected chi connectivity index (χ3v) is 5.55. The highest BCUT2D eigenvalue weighted by Gasteiger charge is 2.23. The molecule has 0 bridgehead atoms. The molecule has 0 amide bonds. The Hall–Kier alpha value is -4.01. The van der Waals surface area contributed by atoms with Crippen molar-refractivity contribution in [2.24, 2.45) is 14.1 Å². The Balaban J connectivity index is 1.82. The number of halogens is 1. The third kappa shape index (κ3) is 2.89. The molecule has 3 aromatic heterocycles. The van der Waals surface area contributed by atoms with Crippen molar-refractivity contribution in [2.45, 2.75) is 13.0 Å². The van der Waals surface area contributed by atoms with E-state index in [1.165, 1.54) is 23.7 Å². The van der Waals surface area contributed by atoms with Gasteiger partial charge in [0.2, 0.25) is 5.78 Å². The molecule has 2 aromatic carbocycles. The predicted molar refractivity (Wildman–Crippen MR) is 115 cm³/mol. The molecule has 0 saturated carbocycles. The smallest absolute Gasteiger partial charge is 0.302 e. The van der Waals surface area contributed by atoms with Crippen molar-refractivity contribution in [3.63, 3.8) is 0 Å². The van der Waals surface area contributed by atoms with E-state index < -0.39 is 11.2 Å². The summed E-state index contributed by atoms with van der Waals surface area (Å²) < 4.78 is 19.4. The number of aromatic nitrogens is 6. The van der Waals surface area contributed by atoms with Crippen molar-refractivity contribution < 1.29 is 4.39 Å². The minimum atomic E-state index is -0.446. The second-order valence-corrected chi connectivity index (χ2v) is 7.43. The molecular weight excluding hydrogens is 399 g/mol. The molecule has 0 spiro atoms. The highest BCUT2D eigenvalue weighted by atomic mass is 19.1. The second kappa shape index (κ2) is 7.05. The second-order valence-electron chi connectivity index (χ2n) is 7.43. The summed E-state index contributed by atoms with van der Waals surface area (Å²) >= 11 is 0. The van der Waals surface area contributed by atoms with Crippen LogP contribution in [0, 0.1) is 5.82 Å². The van der Waals surface area contributed by atoms with Crippen LogP contribution in [-0.4, -0.2) is 28.3 Å². The summed E-state index contributed by atoms with van der Waals surface area (Å²) in [6.45, 7) is 0.478. The number of benzene rings is 2. The van der Waals surface area contributed by atoms with E-state index >= 15 is 0 Å². The molecule has 8 nitrogen and oxygen atoms in total. The van der Waals surface area contributed by atoms with Crippen molar-refractivity contribution in [1.29, 1.82) is 0 Å². The van der Waals surface area contributed by atoms with Gasteiger partial charge in [-0.1, -0.05) is 30.3 Å². The van der Waals surface area contributed by atoms with E-state index in [4.69, 9.17) is 0 Å². The number of rotatable bonds is 4. The van der Waals surface area contributed by atoms with Gasteiger partial charge in [-0.15, -0.1) is 10.2 Å². The van der Waals surface area contributed by atoms with Crippen LogP contribution in [-0.2, 0) is 27.1 Å². The number of hydrogen-bond donors (Lipinski definition) is 0. The van der Waals surface area contributed by atoms with Crippen LogP contribution >= 0.6 is 0 Å². The molecule has 156 valence electrons. The third-order valence-electron chi connectivity index (χ3n) is 5.55. The Morgan fingerprint density at radius 1 is 0.903 bits per heavy atom. The minimum Gasteiger partial charge on any atom is -0.302 e. The van der Waals surface area contributed by atoms with E-state index in [9.17, 15) is 14.0 Å². The van der Waals surface area contributed by atoms with Crippen molar-refractivity contribution in [1.82, 2.24) is 28.3 Å². The van der Waals surface area contributed by atoms with E-state index in [1.807, 2.05) is 30.3 Å². The summed E-state index contributed by atoms with van der Waals surface area (Å²) in [7, 11) is 3.07. The molecule has 0 radical (unpaired) electrons. The SMILES string of the molecule is Cn1c(=O)c2c(n(C)c1=O)n1c(-c3ccc(F)cc3)nnc1n2CCc1ccccc1. The first-order valence-electron chi connectivity index (χ1n) is 9.80. The first-order valence-corrected chi connectivity index (χ1v) is 9.80. The van der Waals surface area contributed by atoms with Crippen LogP contribution < -0.4 is 11.2 Å². The molecular formula is C22H19FN6O2. The summed E-state index contributed by atoms with van der Waals surface area (Å²) in [5.74, 6) is 0.515. The maximum atomic E-state index is 13.4. The number of imidazole rings is 1. The van der Waals surface area contributed by atoms with Gasteiger partial charge in [0, 0.05) is 26.2 Å². The molecule has 0 unspecified atom stereocenters. The number of fused-ring (bicyclic) bond motifs is 3. The van der Waals surface area contributed by atoms with E-state index in [1.54, 1.807) is 28.1 Å². The number of aryl methyl sites for hydroxylation is 3. The summed E-state index contributed by atoms with van der Waals surface area (Å²) in [6.07, 6.45) is 0.672. The Morgan fingerprint density at radius 3 is 2.32 bits per heavy atom. The lowest BCUT2D eigenvalue weighted by Crippen LogP contribution is -2.37. The van der Waals surface area contributed by atoms with Gasteiger partial charge in [0.25, 0.3) is 5.56 Å². The Bertz CT molecular complexity index is 1540. The van der Waals surface area contributed by atoms with Crippen molar-refractivity contribution >= 4 is 16.9 Å². The molecule has 9 heteroatoms. The molecule has 0 N–H and O–H groups in total. The molecule has 5 aromatic rings. The molecule has 0 saturated heterocycles. The fourth-order valence-corrected chi connectivity index (χ4v) is 3.94. The summed E-state index contributed by atoms with van der Waals surface area (Å²) in [5.41, 5.74) is 1.67. The number of hydrogen-bond acceptors (Lipinski definition) is 4. The molecule has 0 atom stereocenters. The summed E-state index contributed by atoms with van der Waals surface area (Å²) in [4.78, 5) is 25.8. The fourth-order valence-electron chi connectivity index (χ4n) is 3.94. The summed E-state index contributed by atoms with van der Waals surface area (Å²) in [6, 6.07) is 15.8. The minimum absolute atomic E-state index is 0.365. The van der Waals surface area contributed by atoms with E-state index in [0.29, 0.717) is 41.3 Å². The first kappa shape index (κ1) is 19.0. The lowest BCUT2D eigenvalue weighted by molar-refractivity contribution is 0.628. The predicted octanol–water partition coefficient (Wildman–Crippen LogP) is 2.13. The van der Waals surface area contributed by atoms with Gasteiger partial charge >= 0.3 is 5.69 Å². The van der Waals surface area contributed by atoms with Crippen LogP contribution in [0.25, 0.3) is 28.3 Å². The van der Waals surface area contributed by atoms with Crippen molar-refractivity contribution in [3.05, 3.63) is 86.8 Å². The van der Waals surface area contributed by atoms with Crippen molar-refractivity contribution in [3.8, 4) is 11.4 Å². The average Bonchev–Trinajstić information content (AvgIpc) is 3.34. The van der Waals surface area contributed by atoms with Gasteiger partial charge < -0.3 is 4.57 Å². The quantitative estimate of drug-likeness (QED) is 0.448.